The summed E-state index contributed by atoms with van der Waals surface area (Å²) in [4.78, 5) is 39.1. The zero-order valence-corrected chi connectivity index (χ0v) is 24.2. The van der Waals surface area contributed by atoms with Gasteiger partial charge in [0.1, 0.15) is 17.4 Å². The van der Waals surface area contributed by atoms with Gasteiger partial charge in [-0.3, -0.25) is 9.59 Å². The number of allylic oxidation sites excluding steroid dienone is 1. The van der Waals surface area contributed by atoms with Crippen LogP contribution in [0.3, 0.4) is 0 Å². The monoisotopic (exact) mass is 566 g/mol. The lowest BCUT2D eigenvalue weighted by Crippen LogP contribution is -2.66. The van der Waals surface area contributed by atoms with Gasteiger partial charge in [-0.1, -0.05) is 40.5 Å². The topological polar surface area (TPSA) is 99.1 Å². The van der Waals surface area contributed by atoms with Gasteiger partial charge in [0, 0.05) is 23.2 Å². The van der Waals surface area contributed by atoms with E-state index >= 15 is 8.78 Å². The molecule has 5 rings (SSSR count). The number of esters is 1. The smallest absolute Gasteiger partial charge is 0.338 e. The number of hydrogen-bond acceptors (Lipinski definition) is 7. The summed E-state index contributed by atoms with van der Waals surface area (Å²) in [6.45, 7) is 7.01. The van der Waals surface area contributed by atoms with Crippen LogP contribution in [0.1, 0.15) is 98.3 Å². The Morgan fingerprint density at radius 2 is 1.82 bits per heavy atom. The van der Waals surface area contributed by atoms with E-state index in [0.29, 0.717) is 38.5 Å². The van der Waals surface area contributed by atoms with Crippen molar-refractivity contribution in [2.24, 2.45) is 22.7 Å². The second-order valence-electron chi connectivity index (χ2n) is 13.2. The first-order valence-corrected chi connectivity index (χ1v) is 15.2. The maximum absolute atomic E-state index is 17.4. The van der Waals surface area contributed by atoms with E-state index < -0.39 is 71.0 Å². The Balaban J connectivity index is 1.51. The Bertz CT molecular complexity index is 1080. The number of cyclic esters (lactones) is 1. The van der Waals surface area contributed by atoms with Gasteiger partial charge in [-0.05, 0) is 68.9 Å². The van der Waals surface area contributed by atoms with E-state index in [1.807, 2.05) is 20.8 Å². The predicted octanol–water partition coefficient (Wildman–Crippen LogP) is 5.11. The van der Waals surface area contributed by atoms with E-state index in [4.69, 9.17) is 14.2 Å². The second kappa shape index (κ2) is 10.5. The first-order chi connectivity index (χ1) is 18.9. The number of ether oxygens (including phenoxy) is 3. The Labute approximate surface area is 235 Å². The van der Waals surface area contributed by atoms with Gasteiger partial charge < -0.3 is 19.3 Å². The molecule has 1 saturated heterocycles. The Kier molecular flexibility index (Phi) is 7.84. The quantitative estimate of drug-likeness (QED) is 0.462. The molecule has 0 aromatic heterocycles. The molecule has 40 heavy (non-hydrogen) atoms. The fourth-order valence-electron chi connectivity index (χ4n) is 9.01. The number of fused-ring (bicyclic) bond motifs is 6. The number of hydrogen-bond donors (Lipinski definition) is 1. The minimum Gasteiger partial charge on any atom is -0.456 e. The minimum atomic E-state index is -1.71. The molecule has 1 N–H and O–H groups in total. The summed E-state index contributed by atoms with van der Waals surface area (Å²) in [6.07, 6.45) is 0.225. The Morgan fingerprint density at radius 3 is 2.52 bits per heavy atom. The van der Waals surface area contributed by atoms with Gasteiger partial charge in [-0.25, -0.2) is 13.6 Å². The van der Waals surface area contributed by atoms with Crippen molar-refractivity contribution < 1.29 is 42.5 Å². The van der Waals surface area contributed by atoms with Gasteiger partial charge in [0.2, 0.25) is 5.78 Å². The maximum atomic E-state index is 17.4. The van der Waals surface area contributed by atoms with Crippen molar-refractivity contribution in [3.8, 4) is 0 Å². The molecule has 0 amide bonds. The van der Waals surface area contributed by atoms with E-state index in [9.17, 15) is 19.5 Å². The average Bonchev–Trinajstić information content (AvgIpc) is 3.22. The number of aliphatic hydroxyl groups is 1. The summed E-state index contributed by atoms with van der Waals surface area (Å²) in [7, 11) is 0. The second-order valence-corrected chi connectivity index (χ2v) is 13.2. The van der Waals surface area contributed by atoms with Crippen molar-refractivity contribution in [3.63, 3.8) is 0 Å². The third kappa shape index (κ3) is 4.24. The first kappa shape index (κ1) is 29.8. The number of aliphatic hydroxyl groups excluding tert-OH is 1. The number of Topliss-reactive ketones (excluding diaryl/α,β-unsaturated/α-hetero) is 1. The predicted molar refractivity (Wildman–Crippen MR) is 142 cm³/mol. The first-order valence-electron chi connectivity index (χ1n) is 15.2. The number of alkyl halides is 2. The van der Waals surface area contributed by atoms with Crippen molar-refractivity contribution in [1.82, 2.24) is 0 Å². The van der Waals surface area contributed by atoms with E-state index in [-0.39, 0.29) is 49.4 Å². The van der Waals surface area contributed by atoms with Crippen LogP contribution in [-0.4, -0.2) is 65.2 Å². The Hall–Kier alpha value is -1.71. The Morgan fingerprint density at radius 1 is 1.07 bits per heavy atom. The molecule has 0 radical (unpaired) electrons. The lowest BCUT2D eigenvalue weighted by Gasteiger charge is -2.62. The van der Waals surface area contributed by atoms with Crippen LogP contribution in [-0.2, 0) is 28.6 Å². The van der Waals surface area contributed by atoms with Gasteiger partial charge in [-0.2, -0.15) is 0 Å². The van der Waals surface area contributed by atoms with Gasteiger partial charge in [0.05, 0.1) is 6.10 Å². The van der Waals surface area contributed by atoms with Crippen LogP contribution in [0.5, 0.6) is 0 Å². The lowest BCUT2D eigenvalue weighted by atomic mass is 9.44. The van der Waals surface area contributed by atoms with E-state index in [1.165, 1.54) is 6.08 Å². The van der Waals surface area contributed by atoms with Crippen LogP contribution in [0.15, 0.2) is 11.6 Å². The highest BCUT2D eigenvalue weighted by atomic mass is 19.1. The van der Waals surface area contributed by atoms with Crippen molar-refractivity contribution in [1.29, 1.82) is 0 Å². The molecule has 5 aliphatic rings. The van der Waals surface area contributed by atoms with E-state index in [0.717, 1.165) is 0 Å². The van der Waals surface area contributed by atoms with Crippen molar-refractivity contribution in [3.05, 3.63) is 11.6 Å². The van der Waals surface area contributed by atoms with E-state index in [1.54, 1.807) is 6.92 Å². The molecule has 224 valence electrons. The summed E-state index contributed by atoms with van der Waals surface area (Å²) in [6, 6.07) is 0. The SMILES string of the molecule is CCCC1OC(C(O)CCC)C(=O)OCC(=O)[C@]2(CC[C@H]3[C@@H]4C[C@H](F)C5=CC(=O)CC[C@]5(C)[C@@]4(F)CC[C@@]32C)O1. The molecule has 4 fully saturated rings. The number of carbonyl (C=O) groups is 3. The molecule has 10 atom stereocenters. The summed E-state index contributed by atoms with van der Waals surface area (Å²) in [5.41, 5.74) is -4.73. The highest BCUT2D eigenvalue weighted by molar-refractivity contribution is 5.93. The molecule has 1 heterocycles. The minimum absolute atomic E-state index is 0.0368. The highest BCUT2D eigenvalue weighted by Crippen LogP contribution is 2.71. The average molecular weight is 567 g/mol. The molecule has 3 saturated carbocycles. The summed E-state index contributed by atoms with van der Waals surface area (Å²) in [5, 5.41) is 10.6. The highest BCUT2D eigenvalue weighted by Gasteiger charge is 2.73. The van der Waals surface area contributed by atoms with Gasteiger partial charge >= 0.3 is 5.97 Å². The van der Waals surface area contributed by atoms with Crippen molar-refractivity contribution in [2.45, 2.75) is 134 Å². The van der Waals surface area contributed by atoms with Gasteiger partial charge in [0.15, 0.2) is 24.8 Å². The van der Waals surface area contributed by atoms with Crippen molar-refractivity contribution >= 4 is 17.5 Å². The molecular formula is C31H44F2O7. The summed E-state index contributed by atoms with van der Waals surface area (Å²) >= 11 is 0. The zero-order chi connectivity index (χ0) is 29.1. The van der Waals surface area contributed by atoms with Gasteiger partial charge in [-0.15, -0.1) is 0 Å². The van der Waals surface area contributed by atoms with Crippen LogP contribution in [0.4, 0.5) is 8.78 Å². The molecule has 0 aromatic carbocycles. The fourth-order valence-corrected chi connectivity index (χ4v) is 9.01. The van der Waals surface area contributed by atoms with Crippen LogP contribution >= 0.6 is 0 Å². The summed E-state index contributed by atoms with van der Waals surface area (Å²) in [5.74, 6) is -2.33. The van der Waals surface area contributed by atoms with Crippen LogP contribution in [0.2, 0.25) is 0 Å². The third-order valence-corrected chi connectivity index (χ3v) is 11.3. The molecule has 9 heteroatoms. The maximum Gasteiger partial charge on any atom is 0.338 e. The van der Waals surface area contributed by atoms with Crippen LogP contribution in [0, 0.1) is 22.7 Å². The number of rotatable bonds is 5. The standard InChI is InChI=1S/C31H44F2O7/c1-5-7-23(35)26-27(37)38-17-24(36)31(40-25(39-26)8-6-2)12-10-19-20-16-22(32)21-15-18(34)9-11-28(21,3)30(20,33)14-13-29(19,31)4/h15,19-20,22-23,25-26,35H,5-14,16-17H2,1-4H3/t19-,20-,22-,23?,25?,26?,28-,29-,30+,31-/m0/s1. The fraction of sp³-hybridized carbons (Fsp3) is 0.839. The largest absolute Gasteiger partial charge is 0.456 e. The molecule has 1 aliphatic heterocycles. The normalized spacial score (nSPS) is 46.3. The molecular weight excluding hydrogens is 522 g/mol. The molecule has 1 spiro atoms. The zero-order valence-electron chi connectivity index (χ0n) is 24.2. The van der Waals surface area contributed by atoms with E-state index in [2.05, 4.69) is 0 Å². The van der Waals surface area contributed by atoms with Gasteiger partial charge in [0.25, 0.3) is 0 Å². The number of ketones is 2. The number of carbonyl (C=O) groups excluding carboxylic acids is 3. The number of halogens is 2. The van der Waals surface area contributed by atoms with Crippen LogP contribution < -0.4 is 0 Å². The third-order valence-electron chi connectivity index (χ3n) is 11.3. The summed E-state index contributed by atoms with van der Waals surface area (Å²) < 4.78 is 51.3. The van der Waals surface area contributed by atoms with Crippen LogP contribution in [0.25, 0.3) is 0 Å². The molecule has 0 bridgehead atoms. The molecule has 7 nitrogen and oxygen atoms in total. The van der Waals surface area contributed by atoms with Crippen molar-refractivity contribution in [2.75, 3.05) is 6.61 Å². The molecule has 3 unspecified atom stereocenters. The molecule has 0 aromatic rings. The molecule has 4 aliphatic carbocycles. The lowest BCUT2D eigenvalue weighted by molar-refractivity contribution is -0.266.